The van der Waals surface area contributed by atoms with Gasteiger partial charge in [0.1, 0.15) is 25.9 Å². The van der Waals surface area contributed by atoms with E-state index in [4.69, 9.17) is 19.9 Å². The van der Waals surface area contributed by atoms with Crippen LogP contribution in [0.3, 0.4) is 0 Å². The number of carbonyl (C=O) groups excluding carboxylic acids is 4. The van der Waals surface area contributed by atoms with Crippen molar-refractivity contribution in [3.63, 3.8) is 0 Å². The molecule has 3 N–H and O–H groups in total. The highest BCUT2D eigenvalue weighted by atomic mass is 16.5. The predicted molar refractivity (Wildman–Crippen MR) is 147 cm³/mol. The van der Waals surface area contributed by atoms with Gasteiger partial charge in [-0.2, -0.15) is 0 Å². The van der Waals surface area contributed by atoms with Gasteiger partial charge in [0, 0.05) is 12.8 Å². The van der Waals surface area contributed by atoms with Gasteiger partial charge in [-0.05, 0) is 29.5 Å². The maximum Gasteiger partial charge on any atom is 0.328 e. The number of nitrogens with one attached hydrogen (secondary N) is 1. The van der Waals surface area contributed by atoms with Crippen LogP contribution in [0.1, 0.15) is 42.4 Å². The Labute approximate surface area is 233 Å². The van der Waals surface area contributed by atoms with E-state index in [9.17, 15) is 19.2 Å². The van der Waals surface area contributed by atoms with Crippen molar-refractivity contribution in [3.05, 3.63) is 108 Å². The molecule has 0 spiro atoms. The van der Waals surface area contributed by atoms with Gasteiger partial charge in [0.25, 0.3) is 0 Å². The van der Waals surface area contributed by atoms with Crippen molar-refractivity contribution in [2.24, 2.45) is 5.73 Å². The lowest BCUT2D eigenvalue weighted by Gasteiger charge is -2.20. The second-order valence-corrected chi connectivity index (χ2v) is 9.13. The zero-order chi connectivity index (χ0) is 28.6. The molecule has 0 aromatic heterocycles. The van der Waals surface area contributed by atoms with Gasteiger partial charge in [-0.15, -0.1) is 0 Å². The fourth-order valence-corrected chi connectivity index (χ4v) is 3.64. The first-order chi connectivity index (χ1) is 19.4. The van der Waals surface area contributed by atoms with Crippen LogP contribution in [-0.2, 0) is 53.2 Å². The van der Waals surface area contributed by atoms with Crippen LogP contribution in [0.25, 0.3) is 0 Å². The summed E-state index contributed by atoms with van der Waals surface area (Å²) in [6, 6.07) is 25.3. The molecule has 0 saturated carbocycles. The van der Waals surface area contributed by atoms with Crippen LogP contribution in [0, 0.1) is 0 Å². The van der Waals surface area contributed by atoms with Crippen molar-refractivity contribution in [2.75, 3.05) is 0 Å². The number of benzene rings is 3. The molecule has 210 valence electrons. The molecule has 9 heteroatoms. The summed E-state index contributed by atoms with van der Waals surface area (Å²) in [5.41, 5.74) is 8.44. The van der Waals surface area contributed by atoms with Crippen molar-refractivity contribution >= 4 is 23.8 Å². The average Bonchev–Trinajstić information content (AvgIpc) is 3.00. The van der Waals surface area contributed by atoms with Crippen molar-refractivity contribution in [2.45, 2.75) is 57.6 Å². The standard InChI is InChI=1S/C31H34N2O7/c32-26(16-18-28(34)38-20-23-10-4-1-5-11-23)30(36)33-27(31(37)40-22-25-14-8-3-9-15-25)17-19-29(35)39-21-24-12-6-2-7-13-24/h1-15,26-27H,16-22,32H2,(H,33,36)/t26-,27-/m0/s1. The summed E-state index contributed by atoms with van der Waals surface area (Å²) in [5, 5.41) is 2.57. The molecule has 0 fully saturated rings. The van der Waals surface area contributed by atoms with Crippen LogP contribution in [0.4, 0.5) is 0 Å². The topological polar surface area (TPSA) is 134 Å². The minimum atomic E-state index is -1.13. The van der Waals surface area contributed by atoms with Crippen molar-refractivity contribution < 1.29 is 33.4 Å². The van der Waals surface area contributed by atoms with Gasteiger partial charge < -0.3 is 25.3 Å². The highest BCUT2D eigenvalue weighted by Gasteiger charge is 2.26. The summed E-state index contributed by atoms with van der Waals surface area (Å²) in [7, 11) is 0. The Morgan fingerprint density at radius 1 is 0.600 bits per heavy atom. The van der Waals surface area contributed by atoms with E-state index in [1.807, 2.05) is 78.9 Å². The van der Waals surface area contributed by atoms with Gasteiger partial charge in [0.15, 0.2) is 0 Å². The Balaban J connectivity index is 1.50. The van der Waals surface area contributed by atoms with Crippen LogP contribution in [-0.4, -0.2) is 35.9 Å². The lowest BCUT2D eigenvalue weighted by molar-refractivity contribution is -0.151. The molecule has 0 heterocycles. The zero-order valence-electron chi connectivity index (χ0n) is 22.2. The van der Waals surface area contributed by atoms with Gasteiger partial charge in [-0.25, -0.2) is 4.79 Å². The van der Waals surface area contributed by atoms with E-state index in [1.54, 1.807) is 12.1 Å². The summed E-state index contributed by atoms with van der Waals surface area (Å²) in [6.45, 7) is 0.223. The van der Waals surface area contributed by atoms with Gasteiger partial charge >= 0.3 is 17.9 Å². The van der Waals surface area contributed by atoms with E-state index < -0.39 is 35.9 Å². The van der Waals surface area contributed by atoms with Crippen LogP contribution in [0.2, 0.25) is 0 Å². The minimum Gasteiger partial charge on any atom is -0.461 e. The summed E-state index contributed by atoms with van der Waals surface area (Å²) in [4.78, 5) is 50.0. The second kappa shape index (κ2) is 16.5. The Hall–Kier alpha value is -4.50. The molecule has 0 bridgehead atoms. The average molecular weight is 547 g/mol. The molecule has 1 amide bonds. The van der Waals surface area contributed by atoms with Gasteiger partial charge in [-0.1, -0.05) is 91.0 Å². The van der Waals surface area contributed by atoms with E-state index in [-0.39, 0.29) is 45.5 Å². The minimum absolute atomic E-state index is 0.00378. The van der Waals surface area contributed by atoms with E-state index in [2.05, 4.69) is 5.32 Å². The lowest BCUT2D eigenvalue weighted by atomic mass is 10.1. The first-order valence-electron chi connectivity index (χ1n) is 13.1. The number of carbonyl (C=O) groups is 4. The van der Waals surface area contributed by atoms with E-state index in [0.29, 0.717) is 0 Å². The third-order valence-electron chi connectivity index (χ3n) is 5.94. The molecule has 0 aliphatic carbocycles. The maximum absolute atomic E-state index is 12.8. The van der Waals surface area contributed by atoms with Crippen LogP contribution in [0.15, 0.2) is 91.0 Å². The molecule has 0 saturated heterocycles. The fraction of sp³-hybridized carbons (Fsp3) is 0.290. The van der Waals surface area contributed by atoms with Crippen LogP contribution < -0.4 is 11.1 Å². The van der Waals surface area contributed by atoms with Crippen molar-refractivity contribution in [3.8, 4) is 0 Å². The molecule has 0 aliphatic rings. The number of hydrogen-bond acceptors (Lipinski definition) is 8. The van der Waals surface area contributed by atoms with Crippen molar-refractivity contribution in [1.82, 2.24) is 5.32 Å². The molecule has 0 aliphatic heterocycles. The smallest absolute Gasteiger partial charge is 0.328 e. The number of esters is 3. The summed E-state index contributed by atoms with van der Waals surface area (Å²) in [6.07, 6.45) is -0.223. The number of rotatable bonds is 15. The first kappa shape index (κ1) is 30.0. The lowest BCUT2D eigenvalue weighted by Crippen LogP contribution is -2.49. The zero-order valence-corrected chi connectivity index (χ0v) is 22.2. The third-order valence-corrected chi connectivity index (χ3v) is 5.94. The predicted octanol–water partition coefficient (Wildman–Crippen LogP) is 3.59. The number of hydrogen-bond donors (Lipinski definition) is 2. The second-order valence-electron chi connectivity index (χ2n) is 9.13. The fourth-order valence-electron chi connectivity index (χ4n) is 3.64. The van der Waals surface area contributed by atoms with Crippen molar-refractivity contribution in [1.29, 1.82) is 0 Å². The molecule has 9 nitrogen and oxygen atoms in total. The van der Waals surface area contributed by atoms with Crippen LogP contribution >= 0.6 is 0 Å². The number of nitrogens with two attached hydrogens (primary N) is 1. The Kier molecular flexibility index (Phi) is 12.4. The summed E-state index contributed by atoms with van der Waals surface area (Å²) >= 11 is 0. The molecule has 0 radical (unpaired) electrons. The molecule has 0 unspecified atom stereocenters. The Bertz CT molecular complexity index is 1220. The quantitative estimate of drug-likeness (QED) is 0.218. The Morgan fingerprint density at radius 3 is 1.45 bits per heavy atom. The van der Waals surface area contributed by atoms with Gasteiger partial charge in [0.2, 0.25) is 5.91 Å². The molecule has 40 heavy (non-hydrogen) atoms. The molecular formula is C31H34N2O7. The first-order valence-corrected chi connectivity index (χ1v) is 13.1. The highest BCUT2D eigenvalue weighted by molar-refractivity contribution is 5.88. The normalized spacial score (nSPS) is 12.0. The van der Waals surface area contributed by atoms with E-state index in [0.717, 1.165) is 16.7 Å². The summed E-state index contributed by atoms with van der Waals surface area (Å²) in [5.74, 6) is -2.37. The molecule has 3 rings (SSSR count). The summed E-state index contributed by atoms with van der Waals surface area (Å²) < 4.78 is 15.9. The Morgan fingerprint density at radius 2 is 1.00 bits per heavy atom. The van der Waals surface area contributed by atoms with E-state index >= 15 is 0 Å². The molecular weight excluding hydrogens is 512 g/mol. The van der Waals surface area contributed by atoms with Gasteiger partial charge in [-0.3, -0.25) is 14.4 Å². The highest BCUT2D eigenvalue weighted by Crippen LogP contribution is 2.09. The largest absolute Gasteiger partial charge is 0.461 e. The molecule has 3 aromatic carbocycles. The van der Waals surface area contributed by atoms with Gasteiger partial charge in [0.05, 0.1) is 6.04 Å². The SMILES string of the molecule is N[C@@H](CCC(=O)OCc1ccccc1)C(=O)N[C@@H](CCC(=O)OCc1ccccc1)C(=O)OCc1ccccc1. The number of amides is 1. The molecule has 3 aromatic rings. The monoisotopic (exact) mass is 546 g/mol. The molecule has 2 atom stereocenters. The number of ether oxygens (including phenoxy) is 3. The maximum atomic E-state index is 12.8. The van der Waals surface area contributed by atoms with Crippen LogP contribution in [0.5, 0.6) is 0 Å². The van der Waals surface area contributed by atoms with E-state index in [1.165, 1.54) is 0 Å². The third kappa shape index (κ3) is 11.1.